The van der Waals surface area contributed by atoms with Crippen molar-refractivity contribution in [2.75, 3.05) is 16.2 Å². The molecule has 1 amide bonds. The summed E-state index contributed by atoms with van der Waals surface area (Å²) in [6, 6.07) is 22.8. The number of fused-ring (bicyclic) bond motifs is 1. The fourth-order valence-corrected chi connectivity index (χ4v) is 5.25. The minimum atomic E-state index is -3.80. The second-order valence-electron chi connectivity index (χ2n) is 7.31. The molecule has 4 aromatic rings. The summed E-state index contributed by atoms with van der Waals surface area (Å²) >= 11 is 0. The third kappa shape index (κ3) is 3.63. The van der Waals surface area contributed by atoms with Crippen LogP contribution in [0.1, 0.15) is 15.9 Å². The number of H-pyrrole nitrogens is 1. The van der Waals surface area contributed by atoms with Crippen LogP contribution in [0.3, 0.4) is 0 Å². The van der Waals surface area contributed by atoms with Crippen LogP contribution in [-0.2, 0) is 16.4 Å². The number of hydrogen-bond donors (Lipinski definition) is 2. The van der Waals surface area contributed by atoms with Gasteiger partial charge in [0.15, 0.2) is 5.82 Å². The summed E-state index contributed by atoms with van der Waals surface area (Å²) in [5, 5.41) is 9.42. The maximum absolute atomic E-state index is 13.3. The van der Waals surface area contributed by atoms with Crippen LogP contribution >= 0.6 is 0 Å². The zero-order valence-electron chi connectivity index (χ0n) is 16.9. The number of anilines is 2. The molecule has 1 aliphatic heterocycles. The van der Waals surface area contributed by atoms with Crippen LogP contribution < -0.4 is 9.62 Å². The summed E-state index contributed by atoms with van der Waals surface area (Å²) in [6.45, 7) is 0.373. The van der Waals surface area contributed by atoms with Gasteiger partial charge in [0, 0.05) is 17.7 Å². The summed E-state index contributed by atoms with van der Waals surface area (Å²) in [5.74, 6) is 0.128. The average Bonchev–Trinajstić information content (AvgIpc) is 3.47. The second kappa shape index (κ2) is 7.93. The van der Waals surface area contributed by atoms with E-state index in [1.807, 2.05) is 48.5 Å². The van der Waals surface area contributed by atoms with Crippen LogP contribution in [0.15, 0.2) is 83.8 Å². The average molecular weight is 446 g/mol. The first kappa shape index (κ1) is 20.0. The summed E-state index contributed by atoms with van der Waals surface area (Å²) in [5.41, 5.74) is 2.70. The highest BCUT2D eigenvalue weighted by molar-refractivity contribution is 7.92. The van der Waals surface area contributed by atoms with Crippen LogP contribution in [0.4, 0.5) is 11.6 Å². The molecular formula is C23H19N5O3S. The van der Waals surface area contributed by atoms with Gasteiger partial charge < -0.3 is 0 Å². The van der Waals surface area contributed by atoms with Gasteiger partial charge in [-0.2, -0.15) is 4.98 Å². The van der Waals surface area contributed by atoms with Crippen molar-refractivity contribution in [3.05, 3.63) is 90.0 Å². The van der Waals surface area contributed by atoms with Gasteiger partial charge in [-0.05, 0) is 36.2 Å². The van der Waals surface area contributed by atoms with Crippen molar-refractivity contribution in [2.45, 2.75) is 11.3 Å². The number of benzene rings is 3. The van der Waals surface area contributed by atoms with Gasteiger partial charge >= 0.3 is 0 Å². The van der Waals surface area contributed by atoms with Crippen molar-refractivity contribution in [3.8, 4) is 11.4 Å². The number of nitrogens with one attached hydrogen (secondary N) is 2. The van der Waals surface area contributed by atoms with Gasteiger partial charge in [-0.15, -0.1) is 5.10 Å². The fraction of sp³-hybridized carbons (Fsp3) is 0.0870. The van der Waals surface area contributed by atoms with Crippen LogP contribution in [-0.4, -0.2) is 36.1 Å². The van der Waals surface area contributed by atoms with Crippen molar-refractivity contribution in [1.82, 2.24) is 15.2 Å². The first-order chi connectivity index (χ1) is 15.5. The molecule has 2 N–H and O–H groups in total. The lowest BCUT2D eigenvalue weighted by atomic mass is 10.2. The van der Waals surface area contributed by atoms with Crippen LogP contribution in [0.2, 0.25) is 0 Å². The second-order valence-corrected chi connectivity index (χ2v) is 9.17. The summed E-state index contributed by atoms with van der Waals surface area (Å²) in [7, 11) is -3.80. The normalized spacial score (nSPS) is 13.1. The van der Waals surface area contributed by atoms with Crippen LogP contribution in [0, 0.1) is 0 Å². The Morgan fingerprint density at radius 1 is 0.969 bits per heavy atom. The quantitative estimate of drug-likeness (QED) is 0.489. The number of nitrogens with zero attached hydrogens (tertiary/aromatic N) is 3. The van der Waals surface area contributed by atoms with Gasteiger partial charge in [0.25, 0.3) is 15.9 Å². The van der Waals surface area contributed by atoms with Crippen molar-refractivity contribution in [2.24, 2.45) is 0 Å². The Morgan fingerprint density at radius 2 is 1.75 bits per heavy atom. The maximum atomic E-state index is 13.3. The Balaban J connectivity index is 1.37. The lowest BCUT2D eigenvalue weighted by Gasteiger charge is -2.19. The highest BCUT2D eigenvalue weighted by atomic mass is 32.2. The monoisotopic (exact) mass is 445 g/mol. The topological polar surface area (TPSA) is 108 Å². The molecule has 1 aromatic heterocycles. The minimum Gasteiger partial charge on any atom is -0.289 e. The molecule has 0 saturated heterocycles. The number of amides is 1. The molecule has 0 aliphatic carbocycles. The predicted molar refractivity (Wildman–Crippen MR) is 121 cm³/mol. The Kier molecular flexibility index (Phi) is 4.95. The van der Waals surface area contributed by atoms with Crippen LogP contribution in [0.25, 0.3) is 11.4 Å². The number of hydrogen-bond acceptors (Lipinski definition) is 5. The highest BCUT2D eigenvalue weighted by Gasteiger charge is 2.31. The molecule has 8 nitrogen and oxygen atoms in total. The van der Waals surface area contributed by atoms with Crippen molar-refractivity contribution in [3.63, 3.8) is 0 Å². The van der Waals surface area contributed by atoms with E-state index in [2.05, 4.69) is 20.5 Å². The van der Waals surface area contributed by atoms with E-state index in [4.69, 9.17) is 0 Å². The largest absolute Gasteiger partial charge is 0.289 e. The molecule has 0 radical (unpaired) electrons. The maximum Gasteiger partial charge on any atom is 0.264 e. The lowest BCUT2D eigenvalue weighted by Crippen LogP contribution is -2.29. The Bertz CT molecular complexity index is 1400. The number of para-hydroxylation sites is 1. The lowest BCUT2D eigenvalue weighted by molar-refractivity contribution is 0.102. The predicted octanol–water partition coefficient (Wildman–Crippen LogP) is 3.48. The van der Waals surface area contributed by atoms with Crippen LogP contribution in [0.5, 0.6) is 0 Å². The zero-order chi connectivity index (χ0) is 22.1. The summed E-state index contributed by atoms with van der Waals surface area (Å²) in [4.78, 5) is 17.1. The number of aromatic amines is 1. The van der Waals surface area contributed by atoms with E-state index in [9.17, 15) is 13.2 Å². The molecule has 32 heavy (non-hydrogen) atoms. The van der Waals surface area contributed by atoms with Crippen molar-refractivity contribution in [1.29, 1.82) is 0 Å². The number of aromatic nitrogens is 3. The van der Waals surface area contributed by atoms with E-state index in [1.54, 1.807) is 18.2 Å². The summed E-state index contributed by atoms with van der Waals surface area (Å²) in [6.07, 6.45) is 0.657. The molecular weight excluding hydrogens is 426 g/mol. The molecule has 0 atom stereocenters. The first-order valence-corrected chi connectivity index (χ1v) is 11.5. The van der Waals surface area contributed by atoms with Crippen molar-refractivity contribution < 1.29 is 13.2 Å². The number of sulfonamides is 1. The van der Waals surface area contributed by atoms with Gasteiger partial charge in [-0.3, -0.25) is 19.5 Å². The van der Waals surface area contributed by atoms with Crippen molar-refractivity contribution >= 4 is 27.6 Å². The number of rotatable bonds is 5. The Labute approximate surface area is 185 Å². The third-order valence-electron chi connectivity index (χ3n) is 5.29. The van der Waals surface area contributed by atoms with Gasteiger partial charge in [0.05, 0.1) is 10.6 Å². The molecule has 0 unspecified atom stereocenters. The minimum absolute atomic E-state index is 0.0572. The molecule has 160 valence electrons. The molecule has 2 heterocycles. The summed E-state index contributed by atoms with van der Waals surface area (Å²) < 4.78 is 27.9. The van der Waals surface area contributed by atoms with Gasteiger partial charge in [-0.1, -0.05) is 54.6 Å². The highest BCUT2D eigenvalue weighted by Crippen LogP contribution is 2.32. The van der Waals surface area contributed by atoms with E-state index in [0.29, 0.717) is 24.5 Å². The molecule has 9 heteroatoms. The standard InChI is InChI=1S/C23H19N5O3S/c29-22(25-23-24-21(26-27-23)17-8-2-1-3-9-17)18-10-6-11-19(15-18)32(30,31)28-14-13-16-7-4-5-12-20(16)28/h1-12,15H,13-14H2,(H2,24,25,26,27,29). The number of carbonyl (C=O) groups excluding carboxylic acids is 1. The van der Waals surface area contributed by atoms with Gasteiger partial charge in [0.2, 0.25) is 5.95 Å². The third-order valence-corrected chi connectivity index (χ3v) is 7.10. The Hall–Kier alpha value is -3.98. The molecule has 3 aromatic carbocycles. The van der Waals surface area contributed by atoms with E-state index < -0.39 is 15.9 Å². The molecule has 0 saturated carbocycles. The Morgan fingerprint density at radius 3 is 2.59 bits per heavy atom. The fourth-order valence-electron chi connectivity index (χ4n) is 3.70. The SMILES string of the molecule is O=C(Nc1n[nH]c(-c2ccccc2)n1)c1cccc(S(=O)(=O)N2CCc3ccccc32)c1. The van der Waals surface area contributed by atoms with E-state index in [1.165, 1.54) is 16.4 Å². The molecule has 0 fully saturated rings. The first-order valence-electron chi connectivity index (χ1n) is 10.0. The molecule has 0 bridgehead atoms. The van der Waals surface area contributed by atoms with Gasteiger partial charge in [0.1, 0.15) is 0 Å². The molecule has 1 aliphatic rings. The van der Waals surface area contributed by atoms with E-state index in [-0.39, 0.29) is 16.4 Å². The smallest absolute Gasteiger partial charge is 0.264 e. The van der Waals surface area contributed by atoms with E-state index in [0.717, 1.165) is 11.1 Å². The van der Waals surface area contributed by atoms with E-state index >= 15 is 0 Å². The zero-order valence-corrected chi connectivity index (χ0v) is 17.7. The number of carbonyl (C=O) groups is 1. The molecule has 5 rings (SSSR count). The molecule has 0 spiro atoms. The van der Waals surface area contributed by atoms with Gasteiger partial charge in [-0.25, -0.2) is 8.42 Å².